The maximum absolute atomic E-state index is 6.14. The summed E-state index contributed by atoms with van der Waals surface area (Å²) in [5, 5.41) is 3.96. The first-order valence-corrected chi connectivity index (χ1v) is 5.68. The zero-order valence-electron chi connectivity index (χ0n) is 10.1. The fourth-order valence-electron chi connectivity index (χ4n) is 1.33. The Bertz CT molecular complexity index is 355. The molecule has 0 fully saturated rings. The Hall–Kier alpha value is -1.09. The summed E-state index contributed by atoms with van der Waals surface area (Å²) in [6.07, 6.45) is 1.03. The lowest BCUT2D eigenvalue weighted by molar-refractivity contribution is 0.355. The van der Waals surface area contributed by atoms with Crippen LogP contribution in [0, 0.1) is 0 Å². The summed E-state index contributed by atoms with van der Waals surface area (Å²) in [6.45, 7) is 4.22. The molecule has 1 aromatic carbocycles. The van der Waals surface area contributed by atoms with Gasteiger partial charge in [-0.05, 0) is 13.3 Å². The molecule has 1 aromatic rings. The molecule has 0 saturated heterocycles. The molecule has 0 radical (unpaired) electrons. The van der Waals surface area contributed by atoms with Crippen LogP contribution >= 0.6 is 11.6 Å². The highest BCUT2D eigenvalue weighted by Crippen LogP contribution is 2.36. The SMILES string of the molecule is CCC(C)Nc1cc(OC)c(OC)cc1Cl. The molecule has 0 amide bonds. The van der Waals surface area contributed by atoms with Crippen molar-refractivity contribution in [3.63, 3.8) is 0 Å². The van der Waals surface area contributed by atoms with E-state index >= 15 is 0 Å². The van der Waals surface area contributed by atoms with Gasteiger partial charge in [0.15, 0.2) is 11.5 Å². The third kappa shape index (κ3) is 2.95. The number of benzene rings is 1. The van der Waals surface area contributed by atoms with Gasteiger partial charge in [0.25, 0.3) is 0 Å². The van der Waals surface area contributed by atoms with Gasteiger partial charge in [-0.2, -0.15) is 0 Å². The van der Waals surface area contributed by atoms with Gasteiger partial charge in [0, 0.05) is 18.2 Å². The van der Waals surface area contributed by atoms with Crippen molar-refractivity contribution in [2.24, 2.45) is 0 Å². The minimum absolute atomic E-state index is 0.371. The van der Waals surface area contributed by atoms with Crippen LogP contribution in [0.3, 0.4) is 0 Å². The predicted octanol–water partition coefficient (Wildman–Crippen LogP) is 3.57. The number of anilines is 1. The molecule has 90 valence electrons. The van der Waals surface area contributed by atoms with Crippen LogP contribution in [-0.4, -0.2) is 20.3 Å². The van der Waals surface area contributed by atoms with Gasteiger partial charge in [-0.1, -0.05) is 18.5 Å². The molecule has 0 aliphatic carbocycles. The second-order valence-corrected chi connectivity index (χ2v) is 4.05. The van der Waals surface area contributed by atoms with Gasteiger partial charge in [0.2, 0.25) is 0 Å². The van der Waals surface area contributed by atoms with Crippen molar-refractivity contribution >= 4 is 17.3 Å². The normalized spacial score (nSPS) is 12.1. The van der Waals surface area contributed by atoms with E-state index in [1.54, 1.807) is 20.3 Å². The molecule has 0 spiro atoms. The zero-order chi connectivity index (χ0) is 12.1. The van der Waals surface area contributed by atoms with Gasteiger partial charge >= 0.3 is 0 Å². The third-order valence-electron chi connectivity index (χ3n) is 2.49. The Morgan fingerprint density at radius 3 is 2.31 bits per heavy atom. The maximum Gasteiger partial charge on any atom is 0.162 e. The summed E-state index contributed by atoms with van der Waals surface area (Å²) in [7, 11) is 3.20. The quantitative estimate of drug-likeness (QED) is 0.858. The van der Waals surface area contributed by atoms with E-state index in [1.807, 2.05) is 6.07 Å². The fourth-order valence-corrected chi connectivity index (χ4v) is 1.54. The highest BCUT2D eigenvalue weighted by Gasteiger charge is 2.10. The lowest BCUT2D eigenvalue weighted by atomic mass is 10.2. The van der Waals surface area contributed by atoms with Crippen LogP contribution in [0.2, 0.25) is 5.02 Å². The lowest BCUT2D eigenvalue weighted by Gasteiger charge is -2.16. The van der Waals surface area contributed by atoms with Crippen LogP contribution in [0.25, 0.3) is 0 Å². The van der Waals surface area contributed by atoms with Gasteiger partial charge in [-0.3, -0.25) is 0 Å². The van der Waals surface area contributed by atoms with Gasteiger partial charge in [0.05, 0.1) is 24.9 Å². The number of ether oxygens (including phenoxy) is 2. The Balaban J connectivity index is 3.01. The van der Waals surface area contributed by atoms with Crippen LogP contribution in [0.4, 0.5) is 5.69 Å². The van der Waals surface area contributed by atoms with Gasteiger partial charge < -0.3 is 14.8 Å². The van der Waals surface area contributed by atoms with Crippen molar-refractivity contribution < 1.29 is 9.47 Å². The summed E-state index contributed by atoms with van der Waals surface area (Å²) >= 11 is 6.14. The summed E-state index contributed by atoms with van der Waals surface area (Å²) in [5.74, 6) is 1.32. The van der Waals surface area contributed by atoms with Crippen LogP contribution in [0.15, 0.2) is 12.1 Å². The minimum Gasteiger partial charge on any atom is -0.493 e. The van der Waals surface area contributed by atoms with Crippen molar-refractivity contribution in [1.29, 1.82) is 0 Å². The van der Waals surface area contributed by atoms with Crippen molar-refractivity contribution in [2.75, 3.05) is 19.5 Å². The standard InChI is InChI=1S/C12H18ClNO2/c1-5-8(2)14-10-7-12(16-4)11(15-3)6-9(10)13/h6-8,14H,5H2,1-4H3. The fraction of sp³-hybridized carbons (Fsp3) is 0.500. The predicted molar refractivity (Wildman–Crippen MR) is 67.9 cm³/mol. The van der Waals surface area contributed by atoms with Crippen molar-refractivity contribution in [1.82, 2.24) is 0 Å². The molecule has 0 saturated carbocycles. The first-order valence-electron chi connectivity index (χ1n) is 5.30. The molecule has 3 nitrogen and oxygen atoms in total. The van der Waals surface area contributed by atoms with E-state index in [4.69, 9.17) is 21.1 Å². The number of halogens is 1. The van der Waals surface area contributed by atoms with E-state index in [0.717, 1.165) is 12.1 Å². The van der Waals surface area contributed by atoms with E-state index in [0.29, 0.717) is 22.6 Å². The molecule has 0 aliphatic rings. The van der Waals surface area contributed by atoms with Crippen LogP contribution in [-0.2, 0) is 0 Å². The molecular weight excluding hydrogens is 226 g/mol. The second-order valence-electron chi connectivity index (χ2n) is 3.64. The Kier molecular flexibility index (Phi) is 4.74. The van der Waals surface area contributed by atoms with E-state index in [2.05, 4.69) is 19.2 Å². The first kappa shape index (κ1) is 13.0. The summed E-state index contributed by atoms with van der Waals surface area (Å²) in [6, 6.07) is 3.98. The monoisotopic (exact) mass is 243 g/mol. The lowest BCUT2D eigenvalue weighted by Crippen LogP contribution is -2.13. The average molecular weight is 244 g/mol. The highest BCUT2D eigenvalue weighted by atomic mass is 35.5. The molecule has 0 aliphatic heterocycles. The van der Waals surface area contributed by atoms with Crippen molar-refractivity contribution in [2.45, 2.75) is 26.3 Å². The summed E-state index contributed by atoms with van der Waals surface area (Å²) in [4.78, 5) is 0. The van der Waals surface area contributed by atoms with E-state index in [1.165, 1.54) is 0 Å². The van der Waals surface area contributed by atoms with Gasteiger partial charge in [0.1, 0.15) is 0 Å². The smallest absolute Gasteiger partial charge is 0.162 e. The van der Waals surface area contributed by atoms with E-state index in [9.17, 15) is 0 Å². The summed E-state index contributed by atoms with van der Waals surface area (Å²) in [5.41, 5.74) is 0.869. The average Bonchev–Trinajstić information content (AvgIpc) is 2.30. The molecule has 1 atom stereocenters. The van der Waals surface area contributed by atoms with Crippen LogP contribution in [0.5, 0.6) is 11.5 Å². The zero-order valence-corrected chi connectivity index (χ0v) is 10.9. The van der Waals surface area contributed by atoms with Crippen molar-refractivity contribution in [3.05, 3.63) is 17.2 Å². The second kappa shape index (κ2) is 5.85. The van der Waals surface area contributed by atoms with Crippen molar-refractivity contribution in [3.8, 4) is 11.5 Å². The molecular formula is C12H18ClNO2. The van der Waals surface area contributed by atoms with Crippen LogP contribution in [0.1, 0.15) is 20.3 Å². The molecule has 1 N–H and O–H groups in total. The molecule has 0 bridgehead atoms. The minimum atomic E-state index is 0.371. The first-order chi connectivity index (χ1) is 7.62. The number of rotatable bonds is 5. The van der Waals surface area contributed by atoms with Crippen LogP contribution < -0.4 is 14.8 Å². The number of nitrogens with one attached hydrogen (secondary N) is 1. The molecule has 0 heterocycles. The van der Waals surface area contributed by atoms with E-state index < -0.39 is 0 Å². The maximum atomic E-state index is 6.14. The third-order valence-corrected chi connectivity index (χ3v) is 2.80. The Labute approximate surface area is 102 Å². The molecule has 1 rings (SSSR count). The Morgan fingerprint density at radius 2 is 1.81 bits per heavy atom. The van der Waals surface area contributed by atoms with Gasteiger partial charge in [-0.25, -0.2) is 0 Å². The number of hydrogen-bond acceptors (Lipinski definition) is 3. The van der Waals surface area contributed by atoms with Gasteiger partial charge in [-0.15, -0.1) is 0 Å². The molecule has 4 heteroatoms. The highest BCUT2D eigenvalue weighted by molar-refractivity contribution is 6.33. The Morgan fingerprint density at radius 1 is 1.25 bits per heavy atom. The molecule has 0 aromatic heterocycles. The number of hydrogen-bond donors (Lipinski definition) is 1. The number of methoxy groups -OCH3 is 2. The molecule has 1 unspecified atom stereocenters. The largest absolute Gasteiger partial charge is 0.493 e. The topological polar surface area (TPSA) is 30.5 Å². The molecule has 16 heavy (non-hydrogen) atoms. The van der Waals surface area contributed by atoms with E-state index in [-0.39, 0.29) is 0 Å². The summed E-state index contributed by atoms with van der Waals surface area (Å²) < 4.78 is 10.4.